The molecule has 4 nitrogen and oxygen atoms in total. The molecule has 0 fully saturated rings. The van der Waals surface area contributed by atoms with Crippen LogP contribution in [-0.4, -0.2) is 36.1 Å². The zero-order chi connectivity index (χ0) is 26.9. The molecule has 3 rings (SSSR count). The minimum absolute atomic E-state index is 0.477. The molecule has 200 valence electrons. The van der Waals surface area contributed by atoms with Gasteiger partial charge in [0, 0.05) is 50.3 Å². The van der Waals surface area contributed by atoms with Crippen molar-refractivity contribution >= 4 is 11.4 Å². The molecule has 0 bridgehead atoms. The first-order valence-corrected chi connectivity index (χ1v) is 14.0. The zero-order valence-electron chi connectivity index (χ0n) is 24.4. The van der Waals surface area contributed by atoms with Crippen molar-refractivity contribution in [1.29, 1.82) is 0 Å². The van der Waals surface area contributed by atoms with Crippen molar-refractivity contribution in [3.8, 4) is 0 Å². The monoisotopic (exact) mass is 500 g/mol. The van der Waals surface area contributed by atoms with Crippen LogP contribution in [0.25, 0.3) is 0 Å². The number of rotatable bonds is 13. The molecule has 0 spiro atoms. The number of hydrogen-bond acceptors (Lipinski definition) is 4. The van der Waals surface area contributed by atoms with Gasteiger partial charge < -0.3 is 10.6 Å². The van der Waals surface area contributed by atoms with Crippen LogP contribution in [0.15, 0.2) is 54.7 Å². The predicted molar refractivity (Wildman–Crippen MR) is 161 cm³/mol. The van der Waals surface area contributed by atoms with Crippen LogP contribution in [0.1, 0.15) is 92.8 Å². The summed E-state index contributed by atoms with van der Waals surface area (Å²) >= 11 is 0. The van der Waals surface area contributed by atoms with E-state index in [4.69, 9.17) is 0 Å². The van der Waals surface area contributed by atoms with E-state index in [9.17, 15) is 0 Å². The lowest BCUT2D eigenvalue weighted by Crippen LogP contribution is -2.33. The molecule has 37 heavy (non-hydrogen) atoms. The second kappa shape index (κ2) is 13.6. The molecule has 0 saturated heterocycles. The van der Waals surface area contributed by atoms with Crippen molar-refractivity contribution in [1.82, 2.24) is 9.88 Å². The van der Waals surface area contributed by atoms with Crippen molar-refractivity contribution in [3.63, 3.8) is 0 Å². The van der Waals surface area contributed by atoms with E-state index in [0.717, 1.165) is 38.4 Å². The van der Waals surface area contributed by atoms with Crippen molar-refractivity contribution in [2.24, 2.45) is 0 Å². The van der Waals surface area contributed by atoms with Gasteiger partial charge in [-0.15, -0.1) is 0 Å². The highest BCUT2D eigenvalue weighted by atomic mass is 15.2. The minimum Gasteiger partial charge on any atom is -0.383 e. The van der Waals surface area contributed by atoms with Gasteiger partial charge in [0.1, 0.15) is 0 Å². The Kier molecular flexibility index (Phi) is 10.6. The van der Waals surface area contributed by atoms with Crippen LogP contribution in [0, 0.1) is 13.8 Å². The molecule has 0 amide bonds. The van der Waals surface area contributed by atoms with Crippen LogP contribution >= 0.6 is 0 Å². The molecule has 2 aromatic carbocycles. The lowest BCUT2D eigenvalue weighted by atomic mass is 9.87. The quantitative estimate of drug-likeness (QED) is 0.249. The first-order chi connectivity index (χ1) is 17.7. The molecule has 1 heterocycles. The van der Waals surface area contributed by atoms with E-state index >= 15 is 0 Å². The maximum absolute atomic E-state index is 4.60. The second-order valence-corrected chi connectivity index (χ2v) is 11.3. The van der Waals surface area contributed by atoms with E-state index in [1.165, 1.54) is 39.2 Å². The van der Waals surface area contributed by atoms with E-state index in [1.54, 1.807) is 0 Å². The summed E-state index contributed by atoms with van der Waals surface area (Å²) in [7, 11) is 0. The van der Waals surface area contributed by atoms with Crippen LogP contribution in [0.4, 0.5) is 11.4 Å². The number of aromatic nitrogens is 1. The number of benzene rings is 2. The van der Waals surface area contributed by atoms with Gasteiger partial charge in [-0.2, -0.15) is 0 Å². The molecule has 0 aliphatic heterocycles. The average Bonchev–Trinajstić information content (AvgIpc) is 2.85. The Morgan fingerprint density at radius 3 is 1.76 bits per heavy atom. The molecular weight excluding hydrogens is 452 g/mol. The van der Waals surface area contributed by atoms with Gasteiger partial charge in [-0.3, -0.25) is 9.88 Å². The SMILES string of the molecule is Cc1cccc(C)c1NCCN(CCNc1c(C(C)C)cc(C(C)C)cc1C(C)C)Cc1ccccn1. The van der Waals surface area contributed by atoms with Gasteiger partial charge in [0.05, 0.1) is 5.69 Å². The predicted octanol–water partition coefficient (Wildman–Crippen LogP) is 8.09. The Morgan fingerprint density at radius 2 is 1.27 bits per heavy atom. The molecule has 0 aliphatic rings. The van der Waals surface area contributed by atoms with Gasteiger partial charge in [-0.05, 0) is 71.6 Å². The van der Waals surface area contributed by atoms with Crippen LogP contribution in [0.5, 0.6) is 0 Å². The van der Waals surface area contributed by atoms with Crippen LogP contribution in [0.2, 0.25) is 0 Å². The Hall–Kier alpha value is -2.85. The fourth-order valence-corrected chi connectivity index (χ4v) is 4.92. The fraction of sp³-hybridized carbons (Fsp3) is 0.485. The van der Waals surface area contributed by atoms with E-state index in [2.05, 4.69) is 118 Å². The van der Waals surface area contributed by atoms with Gasteiger partial charge in [0.2, 0.25) is 0 Å². The number of pyridine rings is 1. The third-order valence-electron chi connectivity index (χ3n) is 7.18. The average molecular weight is 501 g/mol. The molecule has 4 heteroatoms. The van der Waals surface area contributed by atoms with E-state index in [-0.39, 0.29) is 0 Å². The molecular formula is C33H48N4. The maximum atomic E-state index is 4.60. The summed E-state index contributed by atoms with van der Waals surface area (Å²) in [5.41, 5.74) is 10.6. The Labute approximate surface area is 225 Å². The Bertz CT molecular complexity index is 1070. The van der Waals surface area contributed by atoms with Gasteiger partial charge in [0.15, 0.2) is 0 Å². The van der Waals surface area contributed by atoms with E-state index < -0.39 is 0 Å². The van der Waals surface area contributed by atoms with E-state index in [1.807, 2.05) is 12.3 Å². The molecule has 0 unspecified atom stereocenters. The number of aryl methyl sites for hydroxylation is 2. The highest BCUT2D eigenvalue weighted by Crippen LogP contribution is 2.35. The molecule has 0 aliphatic carbocycles. The highest BCUT2D eigenvalue weighted by molar-refractivity contribution is 5.62. The van der Waals surface area contributed by atoms with Crippen LogP contribution in [0.3, 0.4) is 0 Å². The molecule has 0 saturated carbocycles. The van der Waals surface area contributed by atoms with Gasteiger partial charge >= 0.3 is 0 Å². The van der Waals surface area contributed by atoms with Gasteiger partial charge in [-0.25, -0.2) is 0 Å². The van der Waals surface area contributed by atoms with Gasteiger partial charge in [0.25, 0.3) is 0 Å². The van der Waals surface area contributed by atoms with Crippen molar-refractivity contribution in [2.45, 2.75) is 79.7 Å². The van der Waals surface area contributed by atoms with Crippen LogP contribution in [-0.2, 0) is 6.54 Å². The normalized spacial score (nSPS) is 11.7. The Morgan fingerprint density at radius 1 is 0.703 bits per heavy atom. The highest BCUT2D eigenvalue weighted by Gasteiger charge is 2.17. The van der Waals surface area contributed by atoms with Gasteiger partial charge in [-0.1, -0.05) is 77.9 Å². The summed E-state index contributed by atoms with van der Waals surface area (Å²) < 4.78 is 0. The largest absolute Gasteiger partial charge is 0.383 e. The van der Waals surface area contributed by atoms with Crippen molar-refractivity contribution in [3.05, 3.63) is 88.2 Å². The lowest BCUT2D eigenvalue weighted by Gasteiger charge is -2.26. The molecule has 0 atom stereocenters. The molecule has 3 aromatic rings. The number of nitrogens with one attached hydrogen (secondary N) is 2. The summed E-state index contributed by atoms with van der Waals surface area (Å²) in [6.07, 6.45) is 1.89. The molecule has 2 N–H and O–H groups in total. The third-order valence-corrected chi connectivity index (χ3v) is 7.18. The standard InChI is InChI=1S/C33H48N4/c1-23(2)28-20-30(24(3)4)33(31(21-28)25(5)6)36-17-19-37(22-29-14-9-10-15-34-29)18-16-35-32-26(7)12-11-13-27(32)8/h9-15,20-21,23-25,35-36H,16-19,22H2,1-8H3. The topological polar surface area (TPSA) is 40.2 Å². The summed E-state index contributed by atoms with van der Waals surface area (Å²) in [5, 5.41) is 7.56. The fourth-order valence-electron chi connectivity index (χ4n) is 4.92. The summed E-state index contributed by atoms with van der Waals surface area (Å²) in [5.74, 6) is 1.48. The Balaban J connectivity index is 1.74. The minimum atomic E-state index is 0.477. The number of anilines is 2. The number of para-hydroxylation sites is 1. The van der Waals surface area contributed by atoms with Crippen molar-refractivity contribution in [2.75, 3.05) is 36.8 Å². The second-order valence-electron chi connectivity index (χ2n) is 11.3. The summed E-state index contributed by atoms with van der Waals surface area (Å²) in [4.78, 5) is 7.10. The lowest BCUT2D eigenvalue weighted by molar-refractivity contribution is 0.283. The molecule has 0 radical (unpaired) electrons. The first kappa shape index (κ1) is 28.7. The zero-order valence-corrected chi connectivity index (χ0v) is 24.4. The van der Waals surface area contributed by atoms with Crippen LogP contribution < -0.4 is 10.6 Å². The first-order valence-electron chi connectivity index (χ1n) is 14.0. The number of nitrogens with zero attached hydrogens (tertiary/aromatic N) is 2. The third kappa shape index (κ3) is 8.07. The number of hydrogen-bond donors (Lipinski definition) is 2. The summed E-state index contributed by atoms with van der Waals surface area (Å²) in [6, 6.07) is 17.5. The summed E-state index contributed by atoms with van der Waals surface area (Å²) in [6.45, 7) is 22.7. The molecule has 1 aromatic heterocycles. The van der Waals surface area contributed by atoms with E-state index in [0.29, 0.717) is 17.8 Å². The maximum Gasteiger partial charge on any atom is 0.0543 e. The smallest absolute Gasteiger partial charge is 0.0543 e. The van der Waals surface area contributed by atoms with Crippen molar-refractivity contribution < 1.29 is 0 Å².